The van der Waals surface area contributed by atoms with E-state index >= 15 is 0 Å². The van der Waals surface area contributed by atoms with Gasteiger partial charge < -0.3 is 9.96 Å². The van der Waals surface area contributed by atoms with Crippen molar-refractivity contribution in [2.75, 3.05) is 27.2 Å². The molecule has 0 fully saturated rings. The van der Waals surface area contributed by atoms with Crippen molar-refractivity contribution in [2.24, 2.45) is 0 Å². The van der Waals surface area contributed by atoms with E-state index in [0.29, 0.717) is 0 Å². The van der Waals surface area contributed by atoms with Crippen LogP contribution in [0.15, 0.2) is 0 Å². The summed E-state index contributed by atoms with van der Waals surface area (Å²) in [6, 6.07) is 0. The Balaban J connectivity index is -0.00000162. The van der Waals surface area contributed by atoms with Gasteiger partial charge in [0.25, 0.3) is 0 Å². The van der Waals surface area contributed by atoms with Gasteiger partial charge in [-0.25, -0.2) is 0 Å². The minimum Gasteiger partial charge on any atom is -0.412 e. The molecule has 0 aliphatic carbocycles. The average Bonchev–Trinajstić information content (AvgIpc) is 2.38. The van der Waals surface area contributed by atoms with Crippen molar-refractivity contribution >= 4 is 17.4 Å². The molecule has 0 aromatic carbocycles. The van der Waals surface area contributed by atoms with Crippen molar-refractivity contribution in [3.05, 3.63) is 0 Å². The summed E-state index contributed by atoms with van der Waals surface area (Å²) in [7, 11) is 4.83. The Morgan fingerprint density at radius 1 is 0.524 bits per heavy atom. The van der Waals surface area contributed by atoms with E-state index in [0.717, 1.165) is 0 Å². The second-order valence-electron chi connectivity index (χ2n) is 6.92. The molecule has 0 unspecified atom stereocenters. The predicted molar refractivity (Wildman–Crippen MR) is 102 cm³/mol. The van der Waals surface area contributed by atoms with Crippen molar-refractivity contribution in [2.45, 2.75) is 90.9 Å². The molecule has 0 bridgehead atoms. The molecule has 0 aliphatic rings. The zero-order valence-electron chi connectivity index (χ0n) is 14.8. The van der Waals surface area contributed by atoms with E-state index in [1.54, 1.807) is 0 Å². The second kappa shape index (κ2) is 18.5. The Morgan fingerprint density at radius 3 is 1.14 bits per heavy atom. The van der Waals surface area contributed by atoms with Crippen LogP contribution in [0.5, 0.6) is 0 Å². The van der Waals surface area contributed by atoms with Crippen LogP contribution in [0.3, 0.4) is 0 Å². The summed E-state index contributed by atoms with van der Waals surface area (Å²) < 4.78 is 1.24. The third kappa shape index (κ3) is 20.5. The maximum absolute atomic E-state index is 2.41. The van der Waals surface area contributed by atoms with Gasteiger partial charge in [-0.2, -0.15) is 0 Å². The molecule has 3 heteroatoms. The topological polar surface area (TPSA) is 31.5 Å². The molecule has 0 rings (SSSR count). The molecular weight excluding hydrogens is 273 g/mol. The quantitative estimate of drug-likeness (QED) is 0.265. The zero-order valence-corrected chi connectivity index (χ0v) is 14.8. The maximum Gasteiger partial charge on any atom is 0.187 e. The van der Waals surface area contributed by atoms with Gasteiger partial charge in [-0.05, 0) is 25.7 Å². The summed E-state index contributed by atoms with van der Waals surface area (Å²) in [5, 5.41) is 0. The fraction of sp³-hybridized carbons (Fsp3) is 1.00. The van der Waals surface area contributed by atoms with Crippen LogP contribution >= 0.6 is 0 Å². The summed E-state index contributed by atoms with van der Waals surface area (Å²) in [4.78, 5) is 0. The van der Waals surface area contributed by atoms with Crippen LogP contribution in [-0.2, 0) is 0 Å². The van der Waals surface area contributed by atoms with Gasteiger partial charge in [0.15, 0.2) is 17.4 Å². The Labute approximate surface area is 145 Å². The van der Waals surface area contributed by atoms with Crippen molar-refractivity contribution in [3.8, 4) is 0 Å². The highest BCUT2D eigenvalue weighted by atomic mass is 27.0. The molecule has 0 saturated carbocycles. The fourth-order valence-corrected chi connectivity index (χ4v) is 2.75. The molecule has 0 heterocycles. The lowest BCUT2D eigenvalue weighted by Crippen LogP contribution is -2.41. The number of nitrogens with zero attached hydrogens (tertiary/aromatic N) is 1. The van der Waals surface area contributed by atoms with Crippen molar-refractivity contribution < 1.29 is 9.96 Å². The molecule has 0 aliphatic heterocycles. The minimum atomic E-state index is 0. The predicted octanol–water partition coefficient (Wildman–Crippen LogP) is 3.78. The van der Waals surface area contributed by atoms with Crippen molar-refractivity contribution in [1.82, 2.24) is 0 Å². The van der Waals surface area contributed by atoms with Crippen LogP contribution in [0.25, 0.3) is 0 Å². The van der Waals surface area contributed by atoms with Gasteiger partial charge >= 0.3 is 0 Å². The first kappa shape index (κ1) is 26.4. The molecule has 0 radical (unpaired) electrons. The number of rotatable bonds is 14. The summed E-state index contributed by atoms with van der Waals surface area (Å²) in [5.74, 6) is 0. The lowest BCUT2D eigenvalue weighted by atomic mass is 10.1. The molecular formula is C18H45AlNO+. The molecule has 0 aromatic rings. The number of hydrogen-bond donors (Lipinski definition) is 0. The second-order valence-corrected chi connectivity index (χ2v) is 6.92. The van der Waals surface area contributed by atoms with E-state index in [9.17, 15) is 0 Å². The highest BCUT2D eigenvalue weighted by Crippen LogP contribution is 2.11. The molecule has 0 spiro atoms. The van der Waals surface area contributed by atoms with E-state index in [4.69, 9.17) is 0 Å². The average molecular weight is 319 g/mol. The third-order valence-electron chi connectivity index (χ3n) is 4.23. The van der Waals surface area contributed by atoms with E-state index in [1.165, 1.54) is 94.6 Å². The summed E-state index contributed by atoms with van der Waals surface area (Å²) >= 11 is 0. The van der Waals surface area contributed by atoms with E-state index in [2.05, 4.69) is 27.9 Å². The van der Waals surface area contributed by atoms with Crippen LogP contribution in [0, 0.1) is 0 Å². The summed E-state index contributed by atoms with van der Waals surface area (Å²) in [6.45, 7) is 7.34. The molecule has 2 nitrogen and oxygen atoms in total. The molecule has 0 atom stereocenters. The standard InChI is InChI=1S/C18H40N.Al.H2O.3H/c1-5-7-9-11-13-15-17-19(3,4)18-16-14-12-10-8-6-2;;;;;/h5-18H2,1-4H3;;1H2;;;/q+1;;;;;. The van der Waals surface area contributed by atoms with Gasteiger partial charge in [-0.15, -0.1) is 0 Å². The highest BCUT2D eigenvalue weighted by Gasteiger charge is 2.13. The number of quaternary nitrogens is 1. The molecule has 0 amide bonds. The number of unbranched alkanes of at least 4 members (excludes halogenated alkanes) is 10. The first-order valence-electron chi connectivity index (χ1n) is 8.94. The maximum atomic E-state index is 2.41. The molecule has 0 saturated heterocycles. The summed E-state index contributed by atoms with van der Waals surface area (Å²) in [5.41, 5.74) is 0. The smallest absolute Gasteiger partial charge is 0.187 e. The molecule has 21 heavy (non-hydrogen) atoms. The van der Waals surface area contributed by atoms with Crippen LogP contribution < -0.4 is 0 Å². The third-order valence-corrected chi connectivity index (χ3v) is 4.23. The van der Waals surface area contributed by atoms with Crippen LogP contribution in [0.4, 0.5) is 0 Å². The van der Waals surface area contributed by atoms with Crippen molar-refractivity contribution in [1.29, 1.82) is 0 Å². The summed E-state index contributed by atoms with van der Waals surface area (Å²) in [6.07, 6.45) is 17.1. The van der Waals surface area contributed by atoms with Crippen molar-refractivity contribution in [3.63, 3.8) is 0 Å². The van der Waals surface area contributed by atoms with Crippen LogP contribution in [0.1, 0.15) is 90.9 Å². The monoisotopic (exact) mass is 318 g/mol. The Kier molecular flexibility index (Phi) is 23.2. The molecule has 2 N–H and O–H groups in total. The van der Waals surface area contributed by atoms with E-state index < -0.39 is 0 Å². The first-order valence-corrected chi connectivity index (χ1v) is 8.94. The highest BCUT2D eigenvalue weighted by molar-refractivity contribution is 5.75. The molecule has 130 valence electrons. The van der Waals surface area contributed by atoms with Gasteiger partial charge in [0.05, 0.1) is 27.2 Å². The van der Waals surface area contributed by atoms with Gasteiger partial charge in [-0.1, -0.05) is 65.2 Å². The minimum absolute atomic E-state index is 0. The van der Waals surface area contributed by atoms with Crippen LogP contribution in [0.2, 0.25) is 0 Å². The van der Waals surface area contributed by atoms with Gasteiger partial charge in [0.2, 0.25) is 0 Å². The lowest BCUT2D eigenvalue weighted by molar-refractivity contribution is -0.890. The Bertz CT molecular complexity index is 168. The normalized spacial score (nSPS) is 10.9. The SMILES string of the molecule is CCCCCCCC[N+](C)(C)CCCCCCCC.O.[AlH3]. The van der Waals surface area contributed by atoms with E-state index in [1.807, 2.05) is 0 Å². The largest absolute Gasteiger partial charge is 0.412 e. The zero-order chi connectivity index (χ0) is 14.4. The number of hydrogen-bond acceptors (Lipinski definition) is 0. The fourth-order valence-electron chi connectivity index (χ4n) is 2.75. The van der Waals surface area contributed by atoms with E-state index in [-0.39, 0.29) is 22.8 Å². The van der Waals surface area contributed by atoms with Gasteiger partial charge in [-0.3, -0.25) is 0 Å². The Hall–Kier alpha value is 0.452. The van der Waals surface area contributed by atoms with Gasteiger partial charge in [0.1, 0.15) is 0 Å². The first-order chi connectivity index (χ1) is 9.12. The van der Waals surface area contributed by atoms with Gasteiger partial charge in [0, 0.05) is 0 Å². The Morgan fingerprint density at radius 2 is 0.810 bits per heavy atom. The molecule has 0 aromatic heterocycles. The van der Waals surface area contributed by atoms with Crippen LogP contribution in [-0.4, -0.2) is 54.5 Å². The lowest BCUT2D eigenvalue weighted by Gasteiger charge is -2.30.